The van der Waals surface area contributed by atoms with E-state index in [1.54, 1.807) is 13.2 Å². The SMILES string of the molecule is CN1CC(O)N(c2ncc(Br)s2)C1=O. The number of aromatic nitrogens is 1. The molecular weight excluding hydrogens is 270 g/mol. The molecule has 1 saturated heterocycles. The van der Waals surface area contributed by atoms with Crippen molar-refractivity contribution in [3.05, 3.63) is 9.98 Å². The first-order valence-corrected chi connectivity index (χ1v) is 5.54. The third-order valence-corrected chi connectivity index (χ3v) is 3.41. The first-order chi connectivity index (χ1) is 6.59. The maximum absolute atomic E-state index is 11.6. The Balaban J connectivity index is 2.30. The summed E-state index contributed by atoms with van der Waals surface area (Å²) in [4.78, 5) is 18.3. The van der Waals surface area contributed by atoms with Gasteiger partial charge in [-0.2, -0.15) is 0 Å². The van der Waals surface area contributed by atoms with E-state index in [0.29, 0.717) is 11.7 Å². The van der Waals surface area contributed by atoms with E-state index >= 15 is 0 Å². The van der Waals surface area contributed by atoms with Gasteiger partial charge in [-0.3, -0.25) is 0 Å². The van der Waals surface area contributed by atoms with Gasteiger partial charge >= 0.3 is 6.03 Å². The minimum atomic E-state index is -0.800. The van der Waals surface area contributed by atoms with Crippen molar-refractivity contribution < 1.29 is 9.90 Å². The topological polar surface area (TPSA) is 56.7 Å². The number of anilines is 1. The summed E-state index contributed by atoms with van der Waals surface area (Å²) in [5.74, 6) is 0. The normalized spacial score (nSPS) is 22.2. The molecule has 1 aromatic heterocycles. The van der Waals surface area contributed by atoms with Crippen molar-refractivity contribution in [2.24, 2.45) is 0 Å². The summed E-state index contributed by atoms with van der Waals surface area (Å²) in [6.07, 6.45) is 0.809. The largest absolute Gasteiger partial charge is 0.371 e. The molecule has 1 unspecified atom stereocenters. The van der Waals surface area contributed by atoms with E-state index in [0.717, 1.165) is 3.79 Å². The first kappa shape index (κ1) is 9.88. The molecule has 1 atom stereocenters. The van der Waals surface area contributed by atoms with Gasteiger partial charge in [-0.15, -0.1) is 0 Å². The Labute approximate surface area is 93.1 Å². The van der Waals surface area contributed by atoms with Crippen LogP contribution < -0.4 is 4.90 Å². The molecule has 0 radical (unpaired) electrons. The minimum Gasteiger partial charge on any atom is -0.371 e. The van der Waals surface area contributed by atoms with E-state index in [-0.39, 0.29) is 6.03 Å². The Kier molecular flexibility index (Phi) is 2.46. The number of thiazole rings is 1. The number of urea groups is 1. The van der Waals surface area contributed by atoms with Crippen LogP contribution in [0.1, 0.15) is 0 Å². The summed E-state index contributed by atoms with van der Waals surface area (Å²) in [6.45, 7) is 0.316. The van der Waals surface area contributed by atoms with Gasteiger partial charge < -0.3 is 10.0 Å². The van der Waals surface area contributed by atoms with E-state index in [1.165, 1.54) is 21.1 Å². The van der Waals surface area contributed by atoms with Gasteiger partial charge in [0.1, 0.15) is 0 Å². The Hall–Kier alpha value is -0.660. The molecule has 1 fully saturated rings. The van der Waals surface area contributed by atoms with Crippen molar-refractivity contribution in [2.75, 3.05) is 18.5 Å². The highest BCUT2D eigenvalue weighted by Gasteiger charge is 2.36. The highest BCUT2D eigenvalue weighted by atomic mass is 79.9. The molecular formula is C7H8BrN3O2S. The summed E-state index contributed by atoms with van der Waals surface area (Å²) < 4.78 is 0.835. The Morgan fingerprint density at radius 3 is 2.93 bits per heavy atom. The van der Waals surface area contributed by atoms with Crippen molar-refractivity contribution in [3.63, 3.8) is 0 Å². The van der Waals surface area contributed by atoms with E-state index in [1.807, 2.05) is 0 Å². The molecule has 0 bridgehead atoms. The highest BCUT2D eigenvalue weighted by Crippen LogP contribution is 2.30. The molecule has 14 heavy (non-hydrogen) atoms. The lowest BCUT2D eigenvalue weighted by atomic mass is 10.5. The molecule has 0 aliphatic carbocycles. The molecule has 1 aromatic rings. The maximum Gasteiger partial charge on any atom is 0.328 e. The predicted molar refractivity (Wildman–Crippen MR) is 56.3 cm³/mol. The molecule has 0 saturated carbocycles. The van der Waals surface area contributed by atoms with Gasteiger partial charge in [-0.25, -0.2) is 14.7 Å². The highest BCUT2D eigenvalue weighted by molar-refractivity contribution is 9.11. The van der Waals surface area contributed by atoms with Gasteiger partial charge in [0.15, 0.2) is 11.4 Å². The lowest BCUT2D eigenvalue weighted by Crippen LogP contribution is -2.33. The number of rotatable bonds is 1. The number of aliphatic hydroxyl groups excluding tert-OH is 1. The molecule has 1 aliphatic heterocycles. The molecule has 7 heteroatoms. The number of carbonyl (C=O) groups is 1. The van der Waals surface area contributed by atoms with Crippen LogP contribution in [0, 0.1) is 0 Å². The quantitative estimate of drug-likeness (QED) is 0.836. The van der Waals surface area contributed by atoms with Crippen LogP contribution in [0.25, 0.3) is 0 Å². The van der Waals surface area contributed by atoms with Gasteiger partial charge in [-0.05, 0) is 15.9 Å². The molecule has 0 aromatic carbocycles. The van der Waals surface area contributed by atoms with Crippen LogP contribution in [0.3, 0.4) is 0 Å². The summed E-state index contributed by atoms with van der Waals surface area (Å²) in [5, 5.41) is 10.1. The number of hydrogen-bond acceptors (Lipinski definition) is 4. The number of halogens is 1. The first-order valence-electron chi connectivity index (χ1n) is 3.93. The van der Waals surface area contributed by atoms with Crippen molar-refractivity contribution in [2.45, 2.75) is 6.23 Å². The fourth-order valence-corrected chi connectivity index (χ4v) is 2.50. The zero-order chi connectivity index (χ0) is 10.3. The molecule has 5 nitrogen and oxygen atoms in total. The van der Waals surface area contributed by atoms with E-state index < -0.39 is 6.23 Å². The molecule has 1 aliphatic rings. The zero-order valence-electron chi connectivity index (χ0n) is 7.35. The van der Waals surface area contributed by atoms with Gasteiger partial charge in [0, 0.05) is 7.05 Å². The summed E-state index contributed by atoms with van der Waals surface area (Å²) in [6, 6.07) is -0.223. The second kappa shape index (κ2) is 3.48. The Morgan fingerprint density at radius 1 is 1.79 bits per heavy atom. The van der Waals surface area contributed by atoms with Crippen LogP contribution >= 0.6 is 27.3 Å². The van der Waals surface area contributed by atoms with Crippen molar-refractivity contribution >= 4 is 38.4 Å². The van der Waals surface area contributed by atoms with Crippen LogP contribution in [0.5, 0.6) is 0 Å². The summed E-state index contributed by atoms with van der Waals surface area (Å²) in [5.41, 5.74) is 0. The van der Waals surface area contributed by atoms with E-state index in [9.17, 15) is 9.90 Å². The minimum absolute atomic E-state index is 0.223. The third-order valence-electron chi connectivity index (χ3n) is 1.94. The molecule has 2 heterocycles. The summed E-state index contributed by atoms with van der Waals surface area (Å²) >= 11 is 4.58. The number of carbonyl (C=O) groups excluding carboxylic acids is 1. The number of hydrogen-bond donors (Lipinski definition) is 1. The second-order valence-corrected chi connectivity index (χ2v) is 5.35. The van der Waals surface area contributed by atoms with Crippen LogP contribution in [0.4, 0.5) is 9.93 Å². The molecule has 76 valence electrons. The Bertz CT molecular complexity index is 370. The molecule has 2 rings (SSSR count). The number of amides is 2. The number of aliphatic hydroxyl groups is 1. The van der Waals surface area contributed by atoms with Crippen LogP contribution in [0.2, 0.25) is 0 Å². The second-order valence-electron chi connectivity index (χ2n) is 2.96. The monoisotopic (exact) mass is 277 g/mol. The maximum atomic E-state index is 11.6. The zero-order valence-corrected chi connectivity index (χ0v) is 9.75. The summed E-state index contributed by atoms with van der Waals surface area (Å²) in [7, 11) is 1.65. The Morgan fingerprint density at radius 2 is 2.50 bits per heavy atom. The van der Waals surface area contributed by atoms with E-state index in [2.05, 4.69) is 20.9 Å². The number of nitrogens with zero attached hydrogens (tertiary/aromatic N) is 3. The third kappa shape index (κ3) is 1.51. The predicted octanol–water partition coefficient (Wildman–Crippen LogP) is 1.10. The van der Waals surface area contributed by atoms with E-state index in [4.69, 9.17) is 0 Å². The standard InChI is InChI=1S/C7H8BrN3O2S/c1-10-3-5(12)11(7(10)13)6-9-2-4(8)14-6/h2,5,12H,3H2,1H3. The molecule has 1 N–H and O–H groups in total. The van der Waals surface area contributed by atoms with Gasteiger partial charge in [0.05, 0.1) is 16.5 Å². The molecule has 2 amide bonds. The smallest absolute Gasteiger partial charge is 0.328 e. The fraction of sp³-hybridized carbons (Fsp3) is 0.429. The average molecular weight is 278 g/mol. The van der Waals surface area contributed by atoms with Crippen LogP contribution in [0.15, 0.2) is 9.98 Å². The van der Waals surface area contributed by atoms with Gasteiger partial charge in [-0.1, -0.05) is 11.3 Å². The number of likely N-dealkylation sites (N-methyl/N-ethyl adjacent to an activating group) is 1. The van der Waals surface area contributed by atoms with Gasteiger partial charge in [0.2, 0.25) is 0 Å². The van der Waals surface area contributed by atoms with Crippen LogP contribution in [-0.4, -0.2) is 40.8 Å². The van der Waals surface area contributed by atoms with Crippen LogP contribution in [-0.2, 0) is 0 Å². The number of β-amino-alcohol motifs (C(OH)–C–C–N with tert-alkyl or cyclic N) is 1. The van der Waals surface area contributed by atoms with Crippen molar-refractivity contribution in [1.82, 2.24) is 9.88 Å². The van der Waals surface area contributed by atoms with Crippen molar-refractivity contribution in [1.29, 1.82) is 0 Å². The van der Waals surface area contributed by atoms with Crippen molar-refractivity contribution in [3.8, 4) is 0 Å². The lowest BCUT2D eigenvalue weighted by molar-refractivity contribution is 0.183. The van der Waals surface area contributed by atoms with Gasteiger partial charge in [0.25, 0.3) is 0 Å². The molecule has 0 spiro atoms. The average Bonchev–Trinajstić information content (AvgIpc) is 2.60. The fourth-order valence-electron chi connectivity index (χ4n) is 1.28. The lowest BCUT2D eigenvalue weighted by Gasteiger charge is -2.14.